The molecule has 1 saturated heterocycles. The van der Waals surface area contributed by atoms with Gasteiger partial charge in [-0.05, 0) is 5.16 Å². The average Bonchev–Trinajstić information content (AvgIpc) is 3.07. The molecule has 0 unspecified atom stereocenters. The Labute approximate surface area is 122 Å². The lowest BCUT2D eigenvalue weighted by Gasteiger charge is -2.30. The van der Waals surface area contributed by atoms with Gasteiger partial charge in [0.2, 0.25) is 17.6 Å². The molecule has 0 aliphatic carbocycles. The van der Waals surface area contributed by atoms with Gasteiger partial charge in [0.15, 0.2) is 0 Å². The van der Waals surface area contributed by atoms with Crippen LogP contribution in [0.2, 0.25) is 0 Å². The van der Waals surface area contributed by atoms with E-state index in [9.17, 15) is 0 Å². The van der Waals surface area contributed by atoms with Gasteiger partial charge in [-0.3, -0.25) is 0 Å². The van der Waals surface area contributed by atoms with Crippen LogP contribution in [0.4, 0.5) is 5.95 Å². The van der Waals surface area contributed by atoms with Gasteiger partial charge >= 0.3 is 0 Å². The molecule has 0 aromatic carbocycles. The summed E-state index contributed by atoms with van der Waals surface area (Å²) in [5, 5.41) is 7.97. The highest BCUT2D eigenvalue weighted by Crippen LogP contribution is 2.26. The van der Waals surface area contributed by atoms with E-state index in [1.165, 1.54) is 0 Å². The Kier molecular flexibility index (Phi) is 3.40. The molecule has 2 aromatic rings. The van der Waals surface area contributed by atoms with Crippen LogP contribution >= 0.6 is 0 Å². The maximum Gasteiger partial charge on any atom is 0.266 e. The molecule has 21 heavy (non-hydrogen) atoms. The fraction of sp³-hybridized carbons (Fsp3) is 0.692. The van der Waals surface area contributed by atoms with E-state index >= 15 is 0 Å². The number of ether oxygens (including phenoxy) is 1. The first-order valence-corrected chi connectivity index (χ1v) is 6.94. The molecule has 1 atom stereocenters. The fourth-order valence-electron chi connectivity index (χ4n) is 2.08. The van der Waals surface area contributed by atoms with Gasteiger partial charge < -0.3 is 18.7 Å². The predicted molar refractivity (Wildman–Crippen MR) is 72.9 cm³/mol. The monoisotopic (exact) mass is 293 g/mol. The molecule has 3 heterocycles. The van der Waals surface area contributed by atoms with Gasteiger partial charge in [0.1, 0.15) is 6.10 Å². The summed E-state index contributed by atoms with van der Waals surface area (Å²) in [7, 11) is 0. The minimum absolute atomic E-state index is 0.165. The lowest BCUT2D eigenvalue weighted by molar-refractivity contribution is 0.0319. The normalized spacial score (nSPS) is 20.0. The number of morpholine rings is 1. The molecule has 8 nitrogen and oxygen atoms in total. The molecule has 2 aromatic heterocycles. The number of aryl methyl sites for hydroxylation is 1. The molecule has 3 rings (SSSR count). The maximum absolute atomic E-state index is 5.69. The Bertz CT molecular complexity index is 615. The molecule has 8 heteroatoms. The second-order valence-corrected chi connectivity index (χ2v) is 6.13. The first-order valence-electron chi connectivity index (χ1n) is 6.94. The van der Waals surface area contributed by atoms with E-state index in [1.54, 1.807) is 6.92 Å². The minimum Gasteiger partial charge on any atom is -0.366 e. The molecule has 0 bridgehead atoms. The van der Waals surface area contributed by atoms with Crippen molar-refractivity contribution in [3.05, 3.63) is 17.6 Å². The van der Waals surface area contributed by atoms with Crippen molar-refractivity contribution in [3.8, 4) is 0 Å². The van der Waals surface area contributed by atoms with Gasteiger partial charge in [-0.2, -0.15) is 9.97 Å². The van der Waals surface area contributed by atoms with Gasteiger partial charge in [0.25, 0.3) is 5.95 Å². The van der Waals surface area contributed by atoms with Gasteiger partial charge in [-0.1, -0.05) is 25.9 Å². The number of rotatable bonds is 2. The molecule has 1 fully saturated rings. The molecule has 0 radical (unpaired) electrons. The summed E-state index contributed by atoms with van der Waals surface area (Å²) in [4.78, 5) is 10.7. The van der Waals surface area contributed by atoms with Gasteiger partial charge in [-0.15, -0.1) is 0 Å². The zero-order valence-electron chi connectivity index (χ0n) is 12.7. The summed E-state index contributed by atoms with van der Waals surface area (Å²) < 4.78 is 16.0. The average molecular weight is 293 g/mol. The smallest absolute Gasteiger partial charge is 0.266 e. The van der Waals surface area contributed by atoms with Crippen molar-refractivity contribution in [1.29, 1.82) is 0 Å². The summed E-state index contributed by atoms with van der Waals surface area (Å²) in [6, 6.07) is 0. The van der Waals surface area contributed by atoms with Crippen LogP contribution in [0.25, 0.3) is 0 Å². The summed E-state index contributed by atoms with van der Waals surface area (Å²) in [5.74, 6) is 2.28. The topological polar surface area (TPSA) is 90.3 Å². The molecule has 114 valence electrons. The van der Waals surface area contributed by atoms with Crippen LogP contribution in [0.15, 0.2) is 9.05 Å². The molecular weight excluding hydrogens is 274 g/mol. The Morgan fingerprint density at radius 2 is 1.95 bits per heavy atom. The molecule has 1 aliphatic heterocycles. The zero-order chi connectivity index (χ0) is 15.0. The molecule has 0 N–H and O–H groups in total. The molecular formula is C13H19N5O3. The largest absolute Gasteiger partial charge is 0.366 e. The molecule has 0 spiro atoms. The van der Waals surface area contributed by atoms with Crippen LogP contribution in [0.3, 0.4) is 0 Å². The van der Waals surface area contributed by atoms with E-state index < -0.39 is 0 Å². The third-order valence-corrected chi connectivity index (χ3v) is 3.24. The first kappa shape index (κ1) is 14.0. The number of anilines is 1. The highest BCUT2D eigenvalue weighted by atomic mass is 16.5. The lowest BCUT2D eigenvalue weighted by Crippen LogP contribution is -2.39. The summed E-state index contributed by atoms with van der Waals surface area (Å²) >= 11 is 0. The van der Waals surface area contributed by atoms with Crippen LogP contribution < -0.4 is 4.90 Å². The predicted octanol–water partition coefficient (Wildman–Crippen LogP) is 1.64. The van der Waals surface area contributed by atoms with E-state index in [1.807, 2.05) is 25.7 Å². The van der Waals surface area contributed by atoms with E-state index in [-0.39, 0.29) is 11.5 Å². The van der Waals surface area contributed by atoms with Crippen molar-refractivity contribution >= 4 is 5.95 Å². The van der Waals surface area contributed by atoms with Gasteiger partial charge in [-0.25, -0.2) is 0 Å². The fourth-order valence-corrected chi connectivity index (χ4v) is 2.08. The van der Waals surface area contributed by atoms with E-state index in [0.717, 1.165) is 0 Å². The second-order valence-electron chi connectivity index (χ2n) is 6.13. The maximum atomic E-state index is 5.69. The second kappa shape index (κ2) is 5.10. The highest BCUT2D eigenvalue weighted by molar-refractivity contribution is 5.30. The molecule has 0 saturated carbocycles. The highest BCUT2D eigenvalue weighted by Gasteiger charge is 2.30. The number of nitrogens with zero attached hydrogens (tertiary/aromatic N) is 5. The van der Waals surface area contributed by atoms with Crippen LogP contribution in [0.1, 0.15) is 44.5 Å². The van der Waals surface area contributed by atoms with E-state index in [2.05, 4.69) is 20.3 Å². The van der Waals surface area contributed by atoms with E-state index in [0.29, 0.717) is 43.3 Å². The van der Waals surface area contributed by atoms with E-state index in [4.69, 9.17) is 13.8 Å². The van der Waals surface area contributed by atoms with Gasteiger partial charge in [0.05, 0.1) is 13.2 Å². The Hall–Kier alpha value is -1.96. The van der Waals surface area contributed by atoms with Crippen molar-refractivity contribution in [1.82, 2.24) is 20.3 Å². The first-order chi connectivity index (χ1) is 9.93. The van der Waals surface area contributed by atoms with Crippen molar-refractivity contribution in [2.24, 2.45) is 0 Å². The van der Waals surface area contributed by atoms with Crippen LogP contribution in [0, 0.1) is 6.92 Å². The number of hydrogen-bond acceptors (Lipinski definition) is 8. The van der Waals surface area contributed by atoms with Crippen molar-refractivity contribution in [2.75, 3.05) is 24.6 Å². The Morgan fingerprint density at radius 1 is 1.14 bits per heavy atom. The molecule has 0 amide bonds. The standard InChI is InChI=1S/C13H19N5O3/c1-8-14-10(16-20-8)9-7-18(5-6-19-9)12-15-11(21-17-12)13(2,3)4/h9H,5-7H2,1-4H3/t9-/m1/s1. The van der Waals surface area contributed by atoms with Crippen LogP contribution in [-0.4, -0.2) is 40.0 Å². The summed E-state index contributed by atoms with van der Waals surface area (Å²) in [5.41, 5.74) is -0.165. The van der Waals surface area contributed by atoms with Crippen molar-refractivity contribution in [2.45, 2.75) is 39.2 Å². The molecule has 1 aliphatic rings. The number of aromatic nitrogens is 4. The van der Waals surface area contributed by atoms with Gasteiger partial charge in [0, 0.05) is 18.9 Å². The SMILES string of the molecule is Cc1nc([C@H]2CN(c3noc(C(C)(C)C)n3)CCO2)no1. The third-order valence-electron chi connectivity index (χ3n) is 3.24. The third kappa shape index (κ3) is 2.90. The van der Waals surface area contributed by atoms with Crippen LogP contribution in [0.5, 0.6) is 0 Å². The van der Waals surface area contributed by atoms with Crippen LogP contribution in [-0.2, 0) is 10.2 Å². The quantitative estimate of drug-likeness (QED) is 0.825. The van der Waals surface area contributed by atoms with Crippen molar-refractivity contribution in [3.63, 3.8) is 0 Å². The summed E-state index contributed by atoms with van der Waals surface area (Å²) in [6.45, 7) is 9.69. The minimum atomic E-state index is -0.243. The number of hydrogen-bond donors (Lipinski definition) is 0. The lowest BCUT2D eigenvalue weighted by atomic mass is 9.97. The van der Waals surface area contributed by atoms with Crippen molar-refractivity contribution < 1.29 is 13.8 Å². The zero-order valence-corrected chi connectivity index (χ0v) is 12.7. The Balaban J connectivity index is 1.75. The summed E-state index contributed by atoms with van der Waals surface area (Å²) in [6.07, 6.45) is -0.243. The Morgan fingerprint density at radius 3 is 2.57 bits per heavy atom.